The number of carbonyl (C=O) groups is 2. The molecule has 0 spiro atoms. The number of aromatic amines is 1. The third-order valence-corrected chi connectivity index (χ3v) is 5.96. The Morgan fingerprint density at radius 3 is 2.75 bits per heavy atom. The van der Waals surface area contributed by atoms with Gasteiger partial charge in [0.05, 0.1) is 11.6 Å². The number of aryl methyl sites for hydroxylation is 1. The Hall–Kier alpha value is -3.15. The maximum Gasteiger partial charge on any atom is 0.279 e. The molecule has 0 radical (unpaired) electrons. The zero-order valence-corrected chi connectivity index (χ0v) is 19.4. The summed E-state index contributed by atoms with van der Waals surface area (Å²) in [6, 6.07) is 2.24. The molecule has 3 N–H and O–H groups in total. The summed E-state index contributed by atoms with van der Waals surface area (Å²) in [6.07, 6.45) is 3.73. The minimum atomic E-state index is -0.818. The van der Waals surface area contributed by atoms with E-state index >= 15 is 0 Å². The molecular formula is C23H32N6O3. The Kier molecular flexibility index (Phi) is 6.72. The van der Waals surface area contributed by atoms with Gasteiger partial charge in [-0.3, -0.25) is 14.4 Å². The molecule has 1 aliphatic heterocycles. The summed E-state index contributed by atoms with van der Waals surface area (Å²) in [6.45, 7) is 9.65. The summed E-state index contributed by atoms with van der Waals surface area (Å²) in [5.41, 5.74) is 0.291. The van der Waals surface area contributed by atoms with Crippen LogP contribution >= 0.6 is 0 Å². The third kappa shape index (κ3) is 5.18. The molecular weight excluding hydrogens is 408 g/mol. The minimum absolute atomic E-state index is 0.0925. The molecule has 9 nitrogen and oxygen atoms in total. The molecule has 1 saturated heterocycles. The van der Waals surface area contributed by atoms with Gasteiger partial charge in [-0.15, -0.1) is 0 Å². The summed E-state index contributed by atoms with van der Waals surface area (Å²) in [7, 11) is 0. The summed E-state index contributed by atoms with van der Waals surface area (Å²) in [4.78, 5) is 46.0. The van der Waals surface area contributed by atoms with Crippen molar-refractivity contribution in [3.05, 3.63) is 28.4 Å². The van der Waals surface area contributed by atoms with Gasteiger partial charge < -0.3 is 20.2 Å². The number of H-pyrrole nitrogens is 1. The second-order valence-corrected chi connectivity index (χ2v) is 9.79. The predicted octanol–water partition coefficient (Wildman–Crippen LogP) is 2.32. The highest BCUT2D eigenvalue weighted by Crippen LogP contribution is 2.26. The number of amides is 2. The van der Waals surface area contributed by atoms with Crippen LogP contribution in [-0.4, -0.2) is 37.9 Å². The van der Waals surface area contributed by atoms with E-state index in [-0.39, 0.29) is 40.8 Å². The van der Waals surface area contributed by atoms with Gasteiger partial charge in [0.1, 0.15) is 17.9 Å². The lowest BCUT2D eigenvalue weighted by Crippen LogP contribution is -2.52. The second kappa shape index (κ2) is 9.15. The van der Waals surface area contributed by atoms with Gasteiger partial charge >= 0.3 is 0 Å². The first-order chi connectivity index (χ1) is 15.0. The van der Waals surface area contributed by atoms with Gasteiger partial charge in [-0.05, 0) is 58.4 Å². The Balaban J connectivity index is 1.80. The van der Waals surface area contributed by atoms with Crippen molar-refractivity contribution in [3.63, 3.8) is 0 Å². The van der Waals surface area contributed by atoms with Gasteiger partial charge in [0.15, 0.2) is 5.52 Å². The van der Waals surface area contributed by atoms with Gasteiger partial charge in [-0.25, -0.2) is 4.98 Å². The molecule has 32 heavy (non-hydrogen) atoms. The van der Waals surface area contributed by atoms with Crippen molar-refractivity contribution >= 4 is 22.8 Å². The first kappa shape index (κ1) is 23.5. The average Bonchev–Trinajstić information content (AvgIpc) is 3.09. The number of aromatic nitrogens is 3. The molecule has 0 unspecified atom stereocenters. The fourth-order valence-corrected chi connectivity index (χ4v) is 4.26. The predicted molar refractivity (Wildman–Crippen MR) is 121 cm³/mol. The Morgan fingerprint density at radius 2 is 2.12 bits per heavy atom. The van der Waals surface area contributed by atoms with Crippen molar-refractivity contribution < 1.29 is 9.59 Å². The van der Waals surface area contributed by atoms with E-state index in [0.29, 0.717) is 24.2 Å². The second-order valence-electron chi connectivity index (χ2n) is 9.79. The van der Waals surface area contributed by atoms with Gasteiger partial charge in [0.2, 0.25) is 11.8 Å². The van der Waals surface area contributed by atoms with Crippen molar-refractivity contribution in [3.8, 4) is 6.07 Å². The fourth-order valence-electron chi connectivity index (χ4n) is 4.26. The molecule has 3 heterocycles. The van der Waals surface area contributed by atoms with Crippen LogP contribution in [-0.2, 0) is 9.59 Å². The van der Waals surface area contributed by atoms with Gasteiger partial charge in [-0.1, -0.05) is 13.8 Å². The number of nitrogens with one attached hydrogen (secondary N) is 3. The molecule has 0 aromatic carbocycles. The van der Waals surface area contributed by atoms with Gasteiger partial charge in [-0.2, -0.15) is 5.26 Å². The lowest BCUT2D eigenvalue weighted by atomic mass is 9.83. The Labute approximate surface area is 187 Å². The van der Waals surface area contributed by atoms with E-state index in [9.17, 15) is 19.6 Å². The summed E-state index contributed by atoms with van der Waals surface area (Å²) < 4.78 is 1.39. The van der Waals surface area contributed by atoms with Crippen LogP contribution in [0.2, 0.25) is 0 Å². The fraction of sp³-hybridized carbons (Fsp3) is 0.609. The lowest BCUT2D eigenvalue weighted by molar-refractivity contribution is -0.130. The maximum atomic E-state index is 13.2. The van der Waals surface area contributed by atoms with Crippen molar-refractivity contribution in [1.29, 1.82) is 5.26 Å². The molecule has 2 aromatic heterocycles. The molecule has 3 rings (SSSR count). The number of piperidine rings is 1. The first-order valence-electron chi connectivity index (χ1n) is 11.1. The van der Waals surface area contributed by atoms with E-state index in [0.717, 1.165) is 6.42 Å². The van der Waals surface area contributed by atoms with Gasteiger partial charge in [0.25, 0.3) is 5.56 Å². The Bertz CT molecular complexity index is 1110. The van der Waals surface area contributed by atoms with Crippen molar-refractivity contribution in [2.24, 2.45) is 11.8 Å². The topological polar surface area (TPSA) is 133 Å². The number of fused-ring (bicyclic) bond motifs is 1. The van der Waals surface area contributed by atoms with Crippen molar-refractivity contribution in [1.82, 2.24) is 25.2 Å². The highest BCUT2D eigenvalue weighted by atomic mass is 16.2. The van der Waals surface area contributed by atoms with Gasteiger partial charge in [0, 0.05) is 17.7 Å². The van der Waals surface area contributed by atoms with Crippen molar-refractivity contribution in [2.45, 2.75) is 77.9 Å². The van der Waals surface area contributed by atoms with E-state index in [4.69, 9.17) is 0 Å². The van der Waals surface area contributed by atoms with Crippen LogP contribution < -0.4 is 16.2 Å². The number of imidazole rings is 1. The zero-order chi connectivity index (χ0) is 23.6. The molecule has 0 bridgehead atoms. The molecule has 1 fully saturated rings. The Morgan fingerprint density at radius 1 is 1.41 bits per heavy atom. The number of pyridine rings is 1. The number of carbonyl (C=O) groups excluding carboxylic acids is 2. The number of nitriles is 1. The molecule has 172 valence electrons. The lowest BCUT2D eigenvalue weighted by Gasteiger charge is -2.35. The smallest absolute Gasteiger partial charge is 0.279 e. The zero-order valence-electron chi connectivity index (χ0n) is 19.4. The summed E-state index contributed by atoms with van der Waals surface area (Å²) in [5.74, 6) is -0.0671. The maximum absolute atomic E-state index is 13.2. The highest BCUT2D eigenvalue weighted by molar-refractivity contribution is 5.83. The number of hydrogen-bond acceptors (Lipinski definition) is 5. The van der Waals surface area contributed by atoms with E-state index in [1.807, 2.05) is 27.7 Å². The number of rotatable bonds is 7. The molecule has 3 atom stereocenters. The molecule has 2 amide bonds. The minimum Gasteiger partial charge on any atom is -0.351 e. The van der Waals surface area contributed by atoms with Crippen LogP contribution in [0.3, 0.4) is 0 Å². The van der Waals surface area contributed by atoms with E-state index < -0.39 is 18.0 Å². The van der Waals surface area contributed by atoms with Crippen LogP contribution in [0.5, 0.6) is 0 Å². The number of nitrogens with zero attached hydrogens (tertiary/aromatic N) is 3. The van der Waals surface area contributed by atoms with E-state index in [2.05, 4.69) is 26.7 Å². The van der Waals surface area contributed by atoms with E-state index in [1.165, 1.54) is 4.57 Å². The molecule has 0 saturated carbocycles. The van der Waals surface area contributed by atoms with Crippen LogP contribution in [0.25, 0.3) is 11.0 Å². The van der Waals surface area contributed by atoms with Crippen LogP contribution in [0.4, 0.5) is 0 Å². The molecule has 1 aliphatic rings. The highest BCUT2D eigenvalue weighted by Gasteiger charge is 2.35. The third-order valence-electron chi connectivity index (χ3n) is 5.96. The van der Waals surface area contributed by atoms with Crippen LogP contribution in [0.15, 0.2) is 17.1 Å². The standard InChI is InChI=1S/C23H32N6O3/c1-13(2)10-18(29-9-7-17-19(22(29)32)26-14(3)25-17)21(31)27-16(12-24)11-15-6-8-23(4,5)28-20(15)30/h7,9,13,15-16,18H,6,8,10-11H2,1-5H3,(H,25,26)(H,27,31)(H,28,30)/t15-,16-,18-/m0/s1. The summed E-state index contributed by atoms with van der Waals surface area (Å²) >= 11 is 0. The van der Waals surface area contributed by atoms with Crippen molar-refractivity contribution in [2.75, 3.05) is 0 Å². The molecule has 0 aliphatic carbocycles. The quantitative estimate of drug-likeness (QED) is 0.608. The molecule has 9 heteroatoms. The largest absolute Gasteiger partial charge is 0.351 e. The monoisotopic (exact) mass is 440 g/mol. The summed E-state index contributed by atoms with van der Waals surface area (Å²) in [5, 5.41) is 15.4. The van der Waals surface area contributed by atoms with Crippen LogP contribution in [0, 0.1) is 30.1 Å². The average molecular weight is 441 g/mol. The normalized spacial score (nSPS) is 19.9. The number of hydrogen-bond donors (Lipinski definition) is 3. The SMILES string of the molecule is Cc1nc2c(=O)n([C@@H](CC(C)C)C(=O)N[C@H](C#N)C[C@@H]3CCC(C)(C)NC3=O)ccc2[nH]1. The first-order valence-corrected chi connectivity index (χ1v) is 11.1. The van der Waals surface area contributed by atoms with Crippen LogP contribution in [0.1, 0.15) is 65.2 Å². The molecule has 2 aromatic rings. The van der Waals surface area contributed by atoms with E-state index in [1.54, 1.807) is 19.2 Å².